The third-order valence-electron chi connectivity index (χ3n) is 3.49. The Morgan fingerprint density at radius 2 is 2.00 bits per heavy atom. The van der Waals surface area contributed by atoms with Crippen LogP contribution in [0.15, 0.2) is 39.5 Å². The summed E-state index contributed by atoms with van der Waals surface area (Å²) in [6.07, 6.45) is 0.277. The molecule has 0 aliphatic rings. The van der Waals surface area contributed by atoms with E-state index >= 15 is 0 Å². The zero-order valence-corrected chi connectivity index (χ0v) is 14.7. The molecule has 0 fully saturated rings. The van der Waals surface area contributed by atoms with Crippen LogP contribution in [0.2, 0.25) is 0 Å². The zero-order valence-electron chi connectivity index (χ0n) is 14.7. The van der Waals surface area contributed by atoms with Crippen LogP contribution in [0.4, 0.5) is 0 Å². The van der Waals surface area contributed by atoms with Crippen molar-refractivity contribution < 1.29 is 23.8 Å². The Morgan fingerprint density at radius 1 is 1.28 bits per heavy atom. The average molecular weight is 349 g/mol. The number of esters is 1. The van der Waals surface area contributed by atoms with E-state index in [2.05, 4.69) is 0 Å². The number of hydrogen-bond donors (Lipinski definition) is 1. The van der Waals surface area contributed by atoms with Crippen molar-refractivity contribution in [3.63, 3.8) is 0 Å². The molecule has 1 aromatic carbocycles. The maximum atomic E-state index is 11.5. The summed E-state index contributed by atoms with van der Waals surface area (Å²) < 4.78 is 15.7. The summed E-state index contributed by atoms with van der Waals surface area (Å²) in [6, 6.07) is 8.21. The average Bonchev–Trinajstić information content (AvgIpc) is 2.52. The molecule has 0 bridgehead atoms. The minimum absolute atomic E-state index is 0.102. The summed E-state index contributed by atoms with van der Waals surface area (Å²) >= 11 is 0. The van der Waals surface area contributed by atoms with Crippen LogP contribution in [-0.4, -0.2) is 55.4 Å². The van der Waals surface area contributed by atoms with Crippen LogP contribution in [0, 0.1) is 0 Å². The number of aliphatic hydroxyl groups is 1. The molecule has 1 atom stereocenters. The van der Waals surface area contributed by atoms with Gasteiger partial charge in [0.1, 0.15) is 17.9 Å². The fraction of sp³-hybridized carbons (Fsp3) is 0.444. The summed E-state index contributed by atoms with van der Waals surface area (Å²) in [5.74, 6) is 0.137. The first-order valence-corrected chi connectivity index (χ1v) is 7.95. The summed E-state index contributed by atoms with van der Waals surface area (Å²) in [6.45, 7) is 1.87. The number of rotatable bonds is 8. The van der Waals surface area contributed by atoms with E-state index in [0.29, 0.717) is 11.3 Å². The van der Waals surface area contributed by atoms with Crippen LogP contribution in [0.3, 0.4) is 0 Å². The highest BCUT2D eigenvalue weighted by Crippen LogP contribution is 2.20. The minimum Gasteiger partial charge on any atom is -0.493 e. The van der Waals surface area contributed by atoms with Crippen molar-refractivity contribution in [2.75, 3.05) is 33.9 Å². The number of hydrogen-bond acceptors (Lipinski definition) is 7. The lowest BCUT2D eigenvalue weighted by Gasteiger charge is -2.23. The fourth-order valence-corrected chi connectivity index (χ4v) is 2.13. The number of carbonyl (C=O) groups is 1. The molecule has 1 heterocycles. The second kappa shape index (κ2) is 8.13. The SMILES string of the molecule is CN(C)CC(=O)OCC(C)(O)CCOc1ccc2ccc(=O)oc2c1. The quantitative estimate of drug-likeness (QED) is 0.569. The molecule has 0 saturated heterocycles. The number of fused-ring (bicyclic) bond motifs is 1. The van der Waals surface area contributed by atoms with Gasteiger partial charge in [0.15, 0.2) is 0 Å². The molecule has 2 aromatic rings. The van der Waals surface area contributed by atoms with Crippen LogP contribution in [0.25, 0.3) is 11.0 Å². The van der Waals surface area contributed by atoms with Gasteiger partial charge >= 0.3 is 11.6 Å². The monoisotopic (exact) mass is 349 g/mol. The Labute approximate surface area is 145 Å². The maximum Gasteiger partial charge on any atom is 0.336 e. The summed E-state index contributed by atoms with van der Waals surface area (Å²) in [5.41, 5.74) is -1.17. The van der Waals surface area contributed by atoms with Gasteiger partial charge < -0.3 is 19.0 Å². The molecule has 0 radical (unpaired) electrons. The van der Waals surface area contributed by atoms with Crippen molar-refractivity contribution in [3.05, 3.63) is 40.8 Å². The molecule has 0 spiro atoms. The molecule has 1 N–H and O–H groups in total. The van der Waals surface area contributed by atoms with Gasteiger partial charge in [-0.3, -0.25) is 9.69 Å². The van der Waals surface area contributed by atoms with Gasteiger partial charge in [-0.15, -0.1) is 0 Å². The predicted octanol–water partition coefficient (Wildman–Crippen LogP) is 1.42. The van der Waals surface area contributed by atoms with Crippen molar-refractivity contribution in [1.29, 1.82) is 0 Å². The van der Waals surface area contributed by atoms with E-state index in [1.54, 1.807) is 50.2 Å². The van der Waals surface area contributed by atoms with Crippen molar-refractivity contribution in [3.8, 4) is 5.75 Å². The molecule has 7 heteroatoms. The summed E-state index contributed by atoms with van der Waals surface area (Å²) in [7, 11) is 3.53. The Bertz CT molecular complexity index is 780. The molecule has 25 heavy (non-hydrogen) atoms. The standard InChI is InChI=1S/C18H23NO6/c1-18(22,12-24-17(21)11-19(2)3)8-9-23-14-6-4-13-5-7-16(20)25-15(13)10-14/h4-7,10,22H,8-9,11-12H2,1-3H3. The maximum absolute atomic E-state index is 11.5. The van der Waals surface area contributed by atoms with Gasteiger partial charge in [0.05, 0.1) is 18.8 Å². The lowest BCUT2D eigenvalue weighted by atomic mass is 10.1. The van der Waals surface area contributed by atoms with E-state index in [1.165, 1.54) is 6.07 Å². The van der Waals surface area contributed by atoms with Crippen LogP contribution < -0.4 is 10.4 Å². The first-order chi connectivity index (χ1) is 11.7. The Kier molecular flexibility index (Phi) is 6.17. The number of nitrogens with zero attached hydrogens (tertiary/aromatic N) is 1. The van der Waals surface area contributed by atoms with Gasteiger partial charge in [-0.05, 0) is 39.2 Å². The third kappa shape index (κ3) is 6.21. The Hall–Kier alpha value is -2.38. The summed E-state index contributed by atoms with van der Waals surface area (Å²) in [5, 5.41) is 11.1. The number of benzene rings is 1. The topological polar surface area (TPSA) is 89.2 Å². The van der Waals surface area contributed by atoms with E-state index in [4.69, 9.17) is 13.9 Å². The Balaban J connectivity index is 1.84. The lowest BCUT2D eigenvalue weighted by molar-refractivity contribution is -0.151. The van der Waals surface area contributed by atoms with E-state index < -0.39 is 17.2 Å². The van der Waals surface area contributed by atoms with Crippen LogP contribution in [-0.2, 0) is 9.53 Å². The smallest absolute Gasteiger partial charge is 0.336 e. The molecule has 7 nitrogen and oxygen atoms in total. The molecule has 2 rings (SSSR count). The van der Waals surface area contributed by atoms with Crippen LogP contribution in [0.1, 0.15) is 13.3 Å². The van der Waals surface area contributed by atoms with Gasteiger partial charge in [-0.2, -0.15) is 0 Å². The van der Waals surface area contributed by atoms with Crippen LogP contribution in [0.5, 0.6) is 5.75 Å². The first-order valence-electron chi connectivity index (χ1n) is 7.95. The molecule has 1 aromatic heterocycles. The second-order valence-electron chi connectivity index (χ2n) is 6.45. The lowest BCUT2D eigenvalue weighted by Crippen LogP contribution is -2.35. The van der Waals surface area contributed by atoms with Gasteiger partial charge in [0, 0.05) is 23.9 Å². The van der Waals surface area contributed by atoms with E-state index in [1.807, 2.05) is 0 Å². The fourth-order valence-electron chi connectivity index (χ4n) is 2.13. The highest BCUT2D eigenvalue weighted by atomic mass is 16.5. The van der Waals surface area contributed by atoms with Gasteiger partial charge in [0.2, 0.25) is 0 Å². The third-order valence-corrected chi connectivity index (χ3v) is 3.49. The molecule has 0 saturated carbocycles. The summed E-state index contributed by atoms with van der Waals surface area (Å²) in [4.78, 5) is 24.4. The molecule has 136 valence electrons. The molecule has 1 unspecified atom stereocenters. The molecule has 0 aliphatic heterocycles. The predicted molar refractivity (Wildman–Crippen MR) is 92.7 cm³/mol. The van der Waals surface area contributed by atoms with Crippen molar-refractivity contribution in [1.82, 2.24) is 4.90 Å². The number of ether oxygens (including phenoxy) is 2. The van der Waals surface area contributed by atoms with E-state index in [9.17, 15) is 14.7 Å². The molecular weight excluding hydrogens is 326 g/mol. The van der Waals surface area contributed by atoms with Crippen molar-refractivity contribution in [2.24, 2.45) is 0 Å². The largest absolute Gasteiger partial charge is 0.493 e. The van der Waals surface area contributed by atoms with Gasteiger partial charge in [-0.1, -0.05) is 0 Å². The van der Waals surface area contributed by atoms with Crippen molar-refractivity contribution in [2.45, 2.75) is 18.9 Å². The highest BCUT2D eigenvalue weighted by molar-refractivity contribution is 5.77. The minimum atomic E-state index is -1.19. The molecule has 0 amide bonds. The van der Waals surface area contributed by atoms with E-state index in [0.717, 1.165) is 5.39 Å². The zero-order chi connectivity index (χ0) is 18.4. The van der Waals surface area contributed by atoms with E-state index in [-0.39, 0.29) is 26.2 Å². The van der Waals surface area contributed by atoms with Gasteiger partial charge in [-0.25, -0.2) is 4.79 Å². The van der Waals surface area contributed by atoms with Crippen molar-refractivity contribution >= 4 is 16.9 Å². The molecular formula is C18H23NO6. The second-order valence-corrected chi connectivity index (χ2v) is 6.45. The number of carbonyl (C=O) groups excluding carboxylic acids is 1. The number of likely N-dealkylation sites (N-methyl/N-ethyl adjacent to an activating group) is 1. The Morgan fingerprint density at radius 3 is 2.72 bits per heavy atom. The normalized spacial score (nSPS) is 13.6. The molecule has 0 aliphatic carbocycles. The highest BCUT2D eigenvalue weighted by Gasteiger charge is 2.23. The van der Waals surface area contributed by atoms with Gasteiger partial charge in [0.25, 0.3) is 0 Å². The van der Waals surface area contributed by atoms with Crippen LogP contribution >= 0.6 is 0 Å². The first kappa shape index (κ1) is 19.0.